The Labute approximate surface area is 94.0 Å². The molecule has 16 heavy (non-hydrogen) atoms. The van der Waals surface area contributed by atoms with E-state index in [0.717, 1.165) is 12.2 Å². The Balaban J connectivity index is 0.000000281. The Hall–Kier alpha value is -1.22. The van der Waals surface area contributed by atoms with Crippen LogP contribution in [0.15, 0.2) is 25.0 Å². The lowest BCUT2D eigenvalue weighted by molar-refractivity contribution is -0.203. The highest BCUT2D eigenvalue weighted by atomic mass is 32.3. The van der Waals surface area contributed by atoms with Gasteiger partial charge in [-0.1, -0.05) is 10.4 Å². The maximum absolute atomic E-state index is 9.60. The van der Waals surface area contributed by atoms with Crippen LogP contribution in [0, 0.1) is 0 Å². The van der Waals surface area contributed by atoms with Gasteiger partial charge in [0.05, 0.1) is 6.61 Å². The largest absolute Gasteiger partial charge is 0.424 e. The topological polar surface area (TPSA) is 102 Å². The minimum absolute atomic E-state index is 0.0692. The molecule has 0 unspecified atom stereocenters. The summed E-state index contributed by atoms with van der Waals surface area (Å²) < 4.78 is 30.4. The number of allylic oxidation sites excluding steroid dienone is 1. The average molecular weight is 250 g/mol. The van der Waals surface area contributed by atoms with Crippen molar-refractivity contribution in [3.63, 3.8) is 0 Å². The van der Waals surface area contributed by atoms with E-state index in [0.29, 0.717) is 0 Å². The highest BCUT2D eigenvalue weighted by Gasteiger charge is 2.02. The van der Waals surface area contributed by atoms with Gasteiger partial charge in [0, 0.05) is 18.8 Å². The number of hydrogen-bond acceptors (Lipinski definition) is 5. The second kappa shape index (κ2) is 7.99. The van der Waals surface area contributed by atoms with E-state index in [9.17, 15) is 8.42 Å². The van der Waals surface area contributed by atoms with Gasteiger partial charge in [0.2, 0.25) is 0 Å². The monoisotopic (exact) mass is 250 g/mol. The summed E-state index contributed by atoms with van der Waals surface area (Å²) in [5, 5.41) is 0. The van der Waals surface area contributed by atoms with E-state index >= 15 is 0 Å². The Bertz CT molecular complexity index is 373. The van der Waals surface area contributed by atoms with Gasteiger partial charge in [-0.2, -0.15) is 8.42 Å². The van der Waals surface area contributed by atoms with Gasteiger partial charge in [-0.3, -0.25) is 4.55 Å². The summed E-state index contributed by atoms with van der Waals surface area (Å²) in [5.41, 5.74) is 0. The van der Waals surface area contributed by atoms with Crippen LogP contribution in [0.5, 0.6) is 0 Å². The fourth-order valence-corrected chi connectivity index (χ4v) is 0.873. The van der Waals surface area contributed by atoms with Crippen molar-refractivity contribution in [2.24, 2.45) is 0 Å². The van der Waals surface area contributed by atoms with Crippen LogP contribution in [0.1, 0.15) is 12.7 Å². The molecule has 0 amide bonds. The summed E-state index contributed by atoms with van der Waals surface area (Å²) in [7, 11) is -4.41. The third kappa shape index (κ3) is 9.34. The van der Waals surface area contributed by atoms with Gasteiger partial charge in [-0.05, 0) is 6.92 Å². The normalized spacial score (nSPS) is 10.4. The van der Waals surface area contributed by atoms with Gasteiger partial charge >= 0.3 is 10.4 Å². The predicted molar refractivity (Wildman–Crippen MR) is 56.7 cm³/mol. The van der Waals surface area contributed by atoms with Gasteiger partial charge in [0.1, 0.15) is 5.82 Å². The fourth-order valence-electron chi connectivity index (χ4n) is 0.655. The standard InChI is InChI=1S/C6H8N2.C2H6O5S/c1-2-3-6-7-4-5-8-6;1-2-6-7-8(3,4)5/h2,4-5H,1,3H2,(H,7,8);2H2,1H3,(H,3,4,5). The first kappa shape index (κ1) is 14.8. The second-order valence-electron chi connectivity index (χ2n) is 2.43. The zero-order chi connectivity index (χ0) is 12.4. The maximum atomic E-state index is 9.60. The first-order valence-corrected chi connectivity index (χ1v) is 5.73. The minimum Gasteiger partial charge on any atom is -0.348 e. The molecule has 92 valence electrons. The Morgan fingerprint density at radius 1 is 1.69 bits per heavy atom. The molecule has 0 atom stereocenters. The predicted octanol–water partition coefficient (Wildman–Crippen LogP) is 0.895. The molecule has 0 bridgehead atoms. The number of rotatable bonds is 5. The third-order valence-electron chi connectivity index (χ3n) is 1.14. The summed E-state index contributed by atoms with van der Waals surface area (Å²) in [6, 6.07) is 0. The van der Waals surface area contributed by atoms with Crippen LogP contribution in [0.25, 0.3) is 0 Å². The Kier molecular flexibility index (Phi) is 7.38. The molecule has 1 aromatic heterocycles. The molecule has 2 N–H and O–H groups in total. The molecule has 8 heteroatoms. The summed E-state index contributed by atoms with van der Waals surface area (Å²) in [6.45, 7) is 5.16. The minimum atomic E-state index is -4.41. The summed E-state index contributed by atoms with van der Waals surface area (Å²) in [6.07, 6.45) is 6.18. The van der Waals surface area contributed by atoms with E-state index in [4.69, 9.17) is 4.55 Å². The Morgan fingerprint density at radius 3 is 2.69 bits per heavy atom. The molecular formula is C8H14N2O5S. The highest BCUT2D eigenvalue weighted by Crippen LogP contribution is 1.88. The smallest absolute Gasteiger partial charge is 0.348 e. The number of aromatic amines is 1. The van der Waals surface area contributed by atoms with Crippen LogP contribution >= 0.6 is 0 Å². The lowest BCUT2D eigenvalue weighted by Crippen LogP contribution is -2.03. The molecule has 0 aliphatic rings. The number of hydrogen-bond donors (Lipinski definition) is 2. The van der Waals surface area contributed by atoms with Crippen LogP contribution in [0.2, 0.25) is 0 Å². The number of imidazole rings is 1. The van der Waals surface area contributed by atoms with Crippen molar-refractivity contribution >= 4 is 10.4 Å². The fraction of sp³-hybridized carbons (Fsp3) is 0.375. The molecule has 0 spiro atoms. The summed E-state index contributed by atoms with van der Waals surface area (Å²) in [5.74, 6) is 0.972. The van der Waals surface area contributed by atoms with Crippen LogP contribution in [0.3, 0.4) is 0 Å². The molecule has 0 aliphatic carbocycles. The Morgan fingerprint density at radius 2 is 2.38 bits per heavy atom. The molecule has 0 fully saturated rings. The second-order valence-corrected chi connectivity index (χ2v) is 3.42. The quantitative estimate of drug-likeness (QED) is 0.348. The van der Waals surface area contributed by atoms with Crippen molar-refractivity contribution in [3.05, 3.63) is 30.9 Å². The molecule has 0 aliphatic heterocycles. The molecular weight excluding hydrogens is 236 g/mol. The van der Waals surface area contributed by atoms with E-state index in [-0.39, 0.29) is 6.61 Å². The van der Waals surface area contributed by atoms with Gasteiger partial charge < -0.3 is 4.98 Å². The van der Waals surface area contributed by atoms with Gasteiger partial charge in [-0.25, -0.2) is 9.87 Å². The van der Waals surface area contributed by atoms with E-state index in [1.54, 1.807) is 12.4 Å². The van der Waals surface area contributed by atoms with Crippen molar-refractivity contribution in [1.29, 1.82) is 0 Å². The SMILES string of the molecule is C=CCc1ncc[nH]1.CCOOS(=O)(=O)O. The lowest BCUT2D eigenvalue weighted by Gasteiger charge is -1.92. The molecule has 0 saturated heterocycles. The van der Waals surface area contributed by atoms with E-state index in [1.807, 2.05) is 6.08 Å². The van der Waals surface area contributed by atoms with Crippen molar-refractivity contribution in [3.8, 4) is 0 Å². The zero-order valence-corrected chi connectivity index (χ0v) is 9.61. The number of nitrogens with one attached hydrogen (secondary N) is 1. The van der Waals surface area contributed by atoms with E-state index < -0.39 is 10.4 Å². The van der Waals surface area contributed by atoms with Crippen LogP contribution < -0.4 is 0 Å². The number of H-pyrrole nitrogens is 1. The molecule has 1 aromatic rings. The van der Waals surface area contributed by atoms with Crippen LogP contribution in [0.4, 0.5) is 0 Å². The van der Waals surface area contributed by atoms with E-state index in [1.165, 1.54) is 6.92 Å². The summed E-state index contributed by atoms with van der Waals surface area (Å²) >= 11 is 0. The van der Waals surface area contributed by atoms with Crippen LogP contribution in [-0.2, 0) is 26.0 Å². The highest BCUT2D eigenvalue weighted by molar-refractivity contribution is 7.80. The molecule has 7 nitrogen and oxygen atoms in total. The van der Waals surface area contributed by atoms with Crippen molar-refractivity contribution in [1.82, 2.24) is 9.97 Å². The van der Waals surface area contributed by atoms with Crippen molar-refractivity contribution in [2.45, 2.75) is 13.3 Å². The van der Waals surface area contributed by atoms with Gasteiger partial charge in [-0.15, -0.1) is 6.58 Å². The first-order chi connectivity index (χ1) is 7.49. The third-order valence-corrected chi connectivity index (χ3v) is 1.41. The zero-order valence-electron chi connectivity index (χ0n) is 8.79. The number of aromatic nitrogens is 2. The first-order valence-electron chi connectivity index (χ1n) is 4.37. The lowest BCUT2D eigenvalue weighted by atomic mass is 10.4. The molecule has 0 radical (unpaired) electrons. The molecule has 0 saturated carbocycles. The van der Waals surface area contributed by atoms with Crippen molar-refractivity contribution < 1.29 is 22.2 Å². The average Bonchev–Trinajstić information content (AvgIpc) is 2.68. The molecule has 0 aromatic carbocycles. The summed E-state index contributed by atoms with van der Waals surface area (Å²) in [4.78, 5) is 10.8. The number of nitrogens with zero attached hydrogens (tertiary/aromatic N) is 1. The molecule has 1 heterocycles. The van der Waals surface area contributed by atoms with Gasteiger partial charge in [0.15, 0.2) is 0 Å². The van der Waals surface area contributed by atoms with Crippen LogP contribution in [-0.4, -0.2) is 29.5 Å². The van der Waals surface area contributed by atoms with Gasteiger partial charge in [0.25, 0.3) is 0 Å². The van der Waals surface area contributed by atoms with Crippen molar-refractivity contribution in [2.75, 3.05) is 6.61 Å². The molecule has 1 rings (SSSR count). The maximum Gasteiger partial charge on any atom is 0.424 e. The van der Waals surface area contributed by atoms with E-state index in [2.05, 4.69) is 25.8 Å².